The zero-order chi connectivity index (χ0) is 12.3. The minimum absolute atomic E-state index is 0.322. The van der Waals surface area contributed by atoms with Crippen LogP contribution < -0.4 is 11.1 Å². The van der Waals surface area contributed by atoms with Crippen LogP contribution in [0.15, 0.2) is 42.5 Å². The predicted octanol–water partition coefficient (Wildman–Crippen LogP) is 3.33. The number of halogens is 1. The van der Waals surface area contributed by atoms with Gasteiger partial charge in [0.2, 0.25) is 0 Å². The second-order valence-electron chi connectivity index (χ2n) is 4.08. The van der Waals surface area contributed by atoms with Gasteiger partial charge in [0.25, 0.3) is 0 Å². The van der Waals surface area contributed by atoms with Crippen molar-refractivity contribution in [3.63, 3.8) is 0 Å². The highest BCUT2D eigenvalue weighted by Gasteiger charge is 2.01. The predicted molar refractivity (Wildman–Crippen MR) is 69.3 cm³/mol. The van der Waals surface area contributed by atoms with Gasteiger partial charge in [-0.05, 0) is 30.7 Å². The number of nitrogens with two attached hydrogens (primary N) is 1. The molecule has 0 aliphatic heterocycles. The van der Waals surface area contributed by atoms with Crippen LogP contribution in [0.2, 0.25) is 0 Å². The highest BCUT2D eigenvalue weighted by molar-refractivity contribution is 5.52. The minimum atomic E-state index is -0.322. The molecule has 17 heavy (non-hydrogen) atoms. The van der Waals surface area contributed by atoms with E-state index in [1.165, 1.54) is 11.6 Å². The minimum Gasteiger partial charge on any atom is -0.399 e. The van der Waals surface area contributed by atoms with E-state index in [1.54, 1.807) is 12.1 Å². The number of benzene rings is 2. The monoisotopic (exact) mass is 230 g/mol. The van der Waals surface area contributed by atoms with Crippen LogP contribution in [0.5, 0.6) is 0 Å². The van der Waals surface area contributed by atoms with E-state index < -0.39 is 0 Å². The van der Waals surface area contributed by atoms with Crippen LogP contribution in [-0.4, -0.2) is 0 Å². The Bertz CT molecular complexity index is 523. The molecule has 0 aliphatic rings. The highest BCUT2D eigenvalue weighted by atomic mass is 19.1. The molecule has 0 saturated heterocycles. The summed E-state index contributed by atoms with van der Waals surface area (Å²) in [5.41, 5.74) is 8.72. The largest absolute Gasteiger partial charge is 0.399 e. The Labute approximate surface area is 100 Å². The number of hydrogen-bond acceptors (Lipinski definition) is 2. The molecule has 0 aliphatic carbocycles. The standard InChI is InChI=1S/C14H15FN2/c1-10-3-2-4-11(7-10)9-17-14-6-5-12(16)8-13(14)15/h2-8,17H,9,16H2,1H3. The Morgan fingerprint density at radius 2 is 2.00 bits per heavy atom. The van der Waals surface area contributed by atoms with Gasteiger partial charge in [0.15, 0.2) is 0 Å². The maximum absolute atomic E-state index is 13.5. The first-order chi connectivity index (χ1) is 8.15. The molecular weight excluding hydrogens is 215 g/mol. The van der Waals surface area contributed by atoms with E-state index in [-0.39, 0.29) is 5.82 Å². The molecule has 0 unspecified atom stereocenters. The topological polar surface area (TPSA) is 38.0 Å². The van der Waals surface area contributed by atoms with E-state index in [9.17, 15) is 4.39 Å². The second kappa shape index (κ2) is 4.87. The third-order valence-corrected chi connectivity index (χ3v) is 2.56. The summed E-state index contributed by atoms with van der Waals surface area (Å²) in [4.78, 5) is 0. The van der Waals surface area contributed by atoms with Gasteiger partial charge in [0.1, 0.15) is 5.82 Å². The van der Waals surface area contributed by atoms with Crippen molar-refractivity contribution in [2.45, 2.75) is 13.5 Å². The van der Waals surface area contributed by atoms with Crippen LogP contribution in [-0.2, 0) is 6.54 Å². The van der Waals surface area contributed by atoms with Crippen LogP contribution >= 0.6 is 0 Å². The maximum Gasteiger partial charge on any atom is 0.148 e. The van der Waals surface area contributed by atoms with Gasteiger partial charge in [-0.2, -0.15) is 0 Å². The molecule has 2 nitrogen and oxygen atoms in total. The number of rotatable bonds is 3. The third kappa shape index (κ3) is 2.97. The summed E-state index contributed by atoms with van der Waals surface area (Å²) in [5.74, 6) is -0.322. The van der Waals surface area contributed by atoms with Gasteiger partial charge >= 0.3 is 0 Å². The van der Waals surface area contributed by atoms with Crippen LogP contribution in [0.3, 0.4) is 0 Å². The van der Waals surface area contributed by atoms with Crippen LogP contribution in [0.25, 0.3) is 0 Å². The molecule has 0 amide bonds. The molecule has 2 aromatic rings. The molecule has 2 rings (SSSR count). The van der Waals surface area contributed by atoms with Gasteiger partial charge in [-0.25, -0.2) is 4.39 Å². The molecule has 2 aromatic carbocycles. The second-order valence-corrected chi connectivity index (χ2v) is 4.08. The van der Waals surface area contributed by atoms with Crippen LogP contribution in [0.4, 0.5) is 15.8 Å². The van der Waals surface area contributed by atoms with Gasteiger partial charge in [-0.3, -0.25) is 0 Å². The molecule has 0 fully saturated rings. The van der Waals surface area contributed by atoms with E-state index in [2.05, 4.69) is 11.4 Å². The molecule has 0 spiro atoms. The number of anilines is 2. The number of nitrogens with one attached hydrogen (secondary N) is 1. The third-order valence-electron chi connectivity index (χ3n) is 2.56. The van der Waals surface area contributed by atoms with Crippen molar-refractivity contribution < 1.29 is 4.39 Å². The van der Waals surface area contributed by atoms with Crippen molar-refractivity contribution in [1.29, 1.82) is 0 Å². The van der Waals surface area contributed by atoms with E-state index in [0.717, 1.165) is 5.56 Å². The highest BCUT2D eigenvalue weighted by Crippen LogP contribution is 2.17. The first kappa shape index (κ1) is 11.5. The summed E-state index contributed by atoms with van der Waals surface area (Å²) < 4.78 is 13.5. The summed E-state index contributed by atoms with van der Waals surface area (Å²) in [6.45, 7) is 2.63. The summed E-state index contributed by atoms with van der Waals surface area (Å²) in [6, 6.07) is 12.8. The quantitative estimate of drug-likeness (QED) is 0.794. The van der Waals surface area contributed by atoms with Crippen molar-refractivity contribution >= 4 is 11.4 Å². The fourth-order valence-electron chi connectivity index (χ4n) is 1.69. The summed E-state index contributed by atoms with van der Waals surface area (Å²) in [5, 5.41) is 3.05. The van der Waals surface area contributed by atoms with Crippen LogP contribution in [0, 0.1) is 12.7 Å². The van der Waals surface area contributed by atoms with E-state index in [4.69, 9.17) is 5.73 Å². The Morgan fingerprint density at radius 1 is 1.18 bits per heavy atom. The molecule has 88 valence electrons. The SMILES string of the molecule is Cc1cccc(CNc2ccc(N)cc2F)c1. The van der Waals surface area contributed by atoms with Gasteiger partial charge in [-0.15, -0.1) is 0 Å². The number of hydrogen-bond donors (Lipinski definition) is 2. The normalized spacial score (nSPS) is 10.2. The molecule has 0 aromatic heterocycles. The zero-order valence-corrected chi connectivity index (χ0v) is 9.70. The summed E-state index contributed by atoms with van der Waals surface area (Å²) >= 11 is 0. The lowest BCUT2D eigenvalue weighted by molar-refractivity contribution is 0.631. The van der Waals surface area contributed by atoms with Crippen molar-refractivity contribution in [2.24, 2.45) is 0 Å². The Balaban J connectivity index is 2.07. The smallest absolute Gasteiger partial charge is 0.148 e. The summed E-state index contributed by atoms with van der Waals surface area (Å²) in [7, 11) is 0. The van der Waals surface area contributed by atoms with Gasteiger partial charge in [0, 0.05) is 12.2 Å². The molecule has 0 radical (unpaired) electrons. The first-order valence-corrected chi connectivity index (χ1v) is 5.49. The Hall–Kier alpha value is -2.03. The average Bonchev–Trinajstić information content (AvgIpc) is 2.28. The fourth-order valence-corrected chi connectivity index (χ4v) is 1.69. The van der Waals surface area contributed by atoms with E-state index in [0.29, 0.717) is 17.9 Å². The number of aryl methyl sites for hydroxylation is 1. The summed E-state index contributed by atoms with van der Waals surface area (Å²) in [6.07, 6.45) is 0. The lowest BCUT2D eigenvalue weighted by atomic mass is 10.1. The van der Waals surface area contributed by atoms with Crippen molar-refractivity contribution in [3.8, 4) is 0 Å². The van der Waals surface area contributed by atoms with Crippen molar-refractivity contribution in [2.75, 3.05) is 11.1 Å². The van der Waals surface area contributed by atoms with Crippen molar-refractivity contribution in [1.82, 2.24) is 0 Å². The van der Waals surface area contributed by atoms with Gasteiger partial charge in [0.05, 0.1) is 5.69 Å². The number of nitrogen functional groups attached to an aromatic ring is 1. The Kier molecular flexibility index (Phi) is 3.28. The molecule has 0 atom stereocenters. The van der Waals surface area contributed by atoms with E-state index >= 15 is 0 Å². The molecule has 3 N–H and O–H groups in total. The average molecular weight is 230 g/mol. The molecule has 0 saturated carbocycles. The lowest BCUT2D eigenvalue weighted by Crippen LogP contribution is -2.02. The first-order valence-electron chi connectivity index (χ1n) is 5.49. The fraction of sp³-hybridized carbons (Fsp3) is 0.143. The van der Waals surface area contributed by atoms with Gasteiger partial charge < -0.3 is 11.1 Å². The van der Waals surface area contributed by atoms with Gasteiger partial charge in [-0.1, -0.05) is 29.8 Å². The molecular formula is C14H15FN2. The molecule has 0 heterocycles. The van der Waals surface area contributed by atoms with E-state index in [1.807, 2.05) is 25.1 Å². The Morgan fingerprint density at radius 3 is 2.71 bits per heavy atom. The molecule has 0 bridgehead atoms. The van der Waals surface area contributed by atoms with Crippen molar-refractivity contribution in [3.05, 3.63) is 59.4 Å². The maximum atomic E-state index is 13.5. The van der Waals surface area contributed by atoms with Crippen LogP contribution in [0.1, 0.15) is 11.1 Å². The lowest BCUT2D eigenvalue weighted by Gasteiger charge is -2.08. The zero-order valence-electron chi connectivity index (χ0n) is 9.70. The molecule has 3 heteroatoms.